The fraction of sp³-hybridized carbons (Fsp3) is 0.200. The number of hydrogen-bond acceptors (Lipinski definition) is 4. The highest BCUT2D eigenvalue weighted by molar-refractivity contribution is 6.33. The molecule has 1 amide bonds. The van der Waals surface area contributed by atoms with Gasteiger partial charge in [0.15, 0.2) is 11.6 Å². The zero-order valence-corrected chi connectivity index (χ0v) is 18.8. The van der Waals surface area contributed by atoms with E-state index in [-0.39, 0.29) is 29.0 Å². The van der Waals surface area contributed by atoms with Crippen molar-refractivity contribution >= 4 is 23.3 Å². The van der Waals surface area contributed by atoms with Crippen LogP contribution >= 0.6 is 11.6 Å². The maximum absolute atomic E-state index is 13.1. The third kappa shape index (κ3) is 6.02. The monoisotopic (exact) mass is 467 g/mol. The van der Waals surface area contributed by atoms with Gasteiger partial charge in [-0.1, -0.05) is 49.2 Å². The van der Waals surface area contributed by atoms with Gasteiger partial charge in [0.25, 0.3) is 5.91 Å². The van der Waals surface area contributed by atoms with Crippen molar-refractivity contribution in [3.63, 3.8) is 0 Å². The Hall–Kier alpha value is -3.58. The number of aryl methyl sites for hydroxylation is 1. The second-order valence-electron chi connectivity index (χ2n) is 7.55. The van der Waals surface area contributed by atoms with E-state index in [0.717, 1.165) is 24.2 Å². The molecule has 0 radical (unpaired) electrons. The van der Waals surface area contributed by atoms with Gasteiger partial charge in [-0.25, -0.2) is 4.39 Å². The highest BCUT2D eigenvalue weighted by Gasteiger charge is 2.16. The first-order chi connectivity index (χ1) is 16.0. The van der Waals surface area contributed by atoms with Crippen LogP contribution in [0.5, 0.6) is 5.75 Å². The lowest BCUT2D eigenvalue weighted by atomic mass is 10.1. The van der Waals surface area contributed by atoms with E-state index in [1.165, 1.54) is 17.7 Å². The molecule has 0 aliphatic heterocycles. The summed E-state index contributed by atoms with van der Waals surface area (Å²) in [5.74, 6) is 0.806. The van der Waals surface area contributed by atoms with Crippen LogP contribution in [0, 0.1) is 5.82 Å². The molecule has 0 spiro atoms. The summed E-state index contributed by atoms with van der Waals surface area (Å²) in [4.78, 5) is 12.6. The molecule has 4 aromatic rings. The van der Waals surface area contributed by atoms with Gasteiger partial charge < -0.3 is 14.5 Å². The van der Waals surface area contributed by atoms with Gasteiger partial charge in [0.1, 0.15) is 29.0 Å². The molecular weight excluding hydrogens is 445 g/mol. The molecule has 0 fully saturated rings. The Morgan fingerprint density at radius 3 is 2.55 bits per heavy atom. The first kappa shape index (κ1) is 22.6. The molecule has 8 heteroatoms. The minimum absolute atomic E-state index is 0.121. The molecule has 170 valence electrons. The number of benzene rings is 2. The topological polar surface area (TPSA) is 69.3 Å². The van der Waals surface area contributed by atoms with Crippen molar-refractivity contribution in [2.45, 2.75) is 32.9 Å². The van der Waals surface area contributed by atoms with Crippen molar-refractivity contribution in [3.8, 4) is 5.75 Å². The lowest BCUT2D eigenvalue weighted by Crippen LogP contribution is -2.12. The third-order valence-electron chi connectivity index (χ3n) is 4.94. The Morgan fingerprint density at radius 1 is 1.09 bits per heavy atom. The minimum atomic E-state index is -0.473. The summed E-state index contributed by atoms with van der Waals surface area (Å²) in [5.41, 5.74) is 2.12. The van der Waals surface area contributed by atoms with Crippen LogP contribution in [-0.4, -0.2) is 15.7 Å². The van der Waals surface area contributed by atoms with Gasteiger partial charge in [0.2, 0.25) is 0 Å². The molecule has 0 bridgehead atoms. The van der Waals surface area contributed by atoms with Crippen LogP contribution < -0.4 is 10.1 Å². The van der Waals surface area contributed by atoms with Gasteiger partial charge in [0, 0.05) is 6.20 Å². The smallest absolute Gasteiger partial charge is 0.292 e. The van der Waals surface area contributed by atoms with Crippen LogP contribution in [0.3, 0.4) is 0 Å². The van der Waals surface area contributed by atoms with Gasteiger partial charge in [-0.05, 0) is 53.9 Å². The van der Waals surface area contributed by atoms with Crippen molar-refractivity contribution in [1.82, 2.24) is 9.78 Å². The molecule has 33 heavy (non-hydrogen) atoms. The highest BCUT2D eigenvalue weighted by atomic mass is 35.5. The Labute approximate surface area is 195 Å². The summed E-state index contributed by atoms with van der Waals surface area (Å²) in [7, 11) is 0. The number of aromatic nitrogens is 2. The predicted octanol–water partition coefficient (Wildman–Crippen LogP) is 6.10. The second-order valence-corrected chi connectivity index (χ2v) is 7.96. The first-order valence-corrected chi connectivity index (χ1v) is 11.0. The van der Waals surface area contributed by atoms with Crippen molar-refractivity contribution < 1.29 is 18.3 Å². The van der Waals surface area contributed by atoms with E-state index in [0.29, 0.717) is 12.3 Å². The molecular formula is C25H23ClFN3O3. The van der Waals surface area contributed by atoms with Crippen LogP contribution in [-0.2, 0) is 19.6 Å². The minimum Gasteiger partial charge on any atom is -0.486 e. The molecule has 2 aromatic heterocycles. The van der Waals surface area contributed by atoms with Crippen LogP contribution in [0.1, 0.15) is 40.8 Å². The number of amides is 1. The summed E-state index contributed by atoms with van der Waals surface area (Å²) in [6, 6.07) is 17.3. The molecule has 0 saturated carbocycles. The fourth-order valence-electron chi connectivity index (χ4n) is 3.28. The van der Waals surface area contributed by atoms with E-state index >= 15 is 0 Å². The Kier molecular flexibility index (Phi) is 7.10. The molecule has 0 atom stereocenters. The van der Waals surface area contributed by atoms with E-state index in [1.807, 2.05) is 24.3 Å². The second kappa shape index (κ2) is 10.4. The van der Waals surface area contributed by atoms with E-state index in [4.69, 9.17) is 20.8 Å². The standard InChI is InChI=1S/C25H23ClFN3O3/c1-2-3-17-6-10-20(11-7-17)32-16-21-12-13-23(33-21)25(31)28-24-22(26)15-30(29-24)14-18-4-8-19(27)9-5-18/h4-13,15H,2-3,14,16H2,1H3,(H,28,29,31). The van der Waals surface area contributed by atoms with Gasteiger partial charge in [-0.2, -0.15) is 5.10 Å². The summed E-state index contributed by atoms with van der Waals surface area (Å²) < 4.78 is 26.0. The maximum Gasteiger partial charge on any atom is 0.292 e. The van der Waals surface area contributed by atoms with Gasteiger partial charge in [0.05, 0.1) is 6.54 Å². The summed E-state index contributed by atoms with van der Waals surface area (Å²) >= 11 is 6.21. The van der Waals surface area contributed by atoms with Crippen LogP contribution in [0.15, 0.2) is 71.3 Å². The van der Waals surface area contributed by atoms with E-state index in [1.54, 1.807) is 35.1 Å². The predicted molar refractivity (Wildman–Crippen MR) is 124 cm³/mol. The number of carbonyl (C=O) groups is 1. The normalized spacial score (nSPS) is 10.9. The largest absolute Gasteiger partial charge is 0.486 e. The number of ether oxygens (including phenoxy) is 1. The molecule has 0 unspecified atom stereocenters. The average Bonchev–Trinajstić information content (AvgIpc) is 3.42. The quantitative estimate of drug-likeness (QED) is 0.323. The van der Waals surface area contributed by atoms with E-state index in [9.17, 15) is 9.18 Å². The lowest BCUT2D eigenvalue weighted by molar-refractivity contribution is 0.0992. The van der Waals surface area contributed by atoms with Crippen LogP contribution in [0.2, 0.25) is 5.02 Å². The van der Waals surface area contributed by atoms with Crippen molar-refractivity contribution in [1.29, 1.82) is 0 Å². The summed E-state index contributed by atoms with van der Waals surface area (Å²) in [6.45, 7) is 2.73. The summed E-state index contributed by atoms with van der Waals surface area (Å²) in [5, 5.41) is 7.22. The number of hydrogen-bond donors (Lipinski definition) is 1. The number of furan rings is 1. The zero-order valence-electron chi connectivity index (χ0n) is 18.1. The SMILES string of the molecule is CCCc1ccc(OCc2ccc(C(=O)Nc3nn(Cc4ccc(F)cc4)cc3Cl)o2)cc1. The van der Waals surface area contributed by atoms with Gasteiger partial charge in [-0.15, -0.1) is 0 Å². The number of nitrogens with zero attached hydrogens (tertiary/aromatic N) is 2. The Bertz CT molecular complexity index is 1220. The average molecular weight is 468 g/mol. The molecule has 1 N–H and O–H groups in total. The fourth-order valence-corrected chi connectivity index (χ4v) is 3.48. The first-order valence-electron chi connectivity index (χ1n) is 10.6. The number of halogens is 2. The molecule has 0 saturated heterocycles. The molecule has 4 rings (SSSR count). The van der Waals surface area contributed by atoms with Gasteiger partial charge in [-0.3, -0.25) is 9.48 Å². The number of rotatable bonds is 9. The molecule has 6 nitrogen and oxygen atoms in total. The molecule has 2 aromatic carbocycles. The zero-order chi connectivity index (χ0) is 23.2. The van der Waals surface area contributed by atoms with E-state index < -0.39 is 5.91 Å². The van der Waals surface area contributed by atoms with Crippen molar-refractivity contribution in [3.05, 3.63) is 100 Å². The summed E-state index contributed by atoms with van der Waals surface area (Å²) in [6.07, 6.45) is 3.72. The van der Waals surface area contributed by atoms with E-state index in [2.05, 4.69) is 17.3 Å². The molecule has 2 heterocycles. The third-order valence-corrected chi connectivity index (χ3v) is 5.21. The maximum atomic E-state index is 13.1. The number of anilines is 1. The van der Waals surface area contributed by atoms with Crippen LogP contribution in [0.4, 0.5) is 10.2 Å². The number of carbonyl (C=O) groups excluding carboxylic acids is 1. The lowest BCUT2D eigenvalue weighted by Gasteiger charge is -2.05. The van der Waals surface area contributed by atoms with Crippen LogP contribution in [0.25, 0.3) is 0 Å². The Morgan fingerprint density at radius 2 is 1.82 bits per heavy atom. The number of nitrogens with one attached hydrogen (secondary N) is 1. The molecule has 0 aliphatic carbocycles. The Balaban J connectivity index is 1.33. The van der Waals surface area contributed by atoms with Crippen molar-refractivity contribution in [2.24, 2.45) is 0 Å². The van der Waals surface area contributed by atoms with Gasteiger partial charge >= 0.3 is 0 Å². The highest BCUT2D eigenvalue weighted by Crippen LogP contribution is 2.22. The molecule has 0 aliphatic rings. The van der Waals surface area contributed by atoms with Crippen molar-refractivity contribution in [2.75, 3.05) is 5.32 Å².